The number of hydrogen-bond acceptors (Lipinski definition) is 4. The first-order chi connectivity index (χ1) is 12.8. The highest BCUT2D eigenvalue weighted by Crippen LogP contribution is 2.31. The van der Waals surface area contributed by atoms with E-state index < -0.39 is 0 Å². The first-order valence-electron chi connectivity index (χ1n) is 8.91. The van der Waals surface area contributed by atoms with Crippen molar-refractivity contribution in [1.82, 2.24) is 4.98 Å². The van der Waals surface area contributed by atoms with Crippen LogP contribution >= 0.6 is 27.3 Å². The molecule has 0 saturated heterocycles. The van der Waals surface area contributed by atoms with Crippen LogP contribution < -0.4 is 10.1 Å². The SMILES string of the molecule is CC(C)(C)c1ccc(OCCCC(=O)Nc2nc3ccccc3s2)c(Br)c1. The lowest BCUT2D eigenvalue weighted by Gasteiger charge is -2.20. The molecule has 4 nitrogen and oxygen atoms in total. The van der Waals surface area contributed by atoms with Crippen molar-refractivity contribution < 1.29 is 9.53 Å². The number of fused-ring (bicyclic) bond motifs is 1. The van der Waals surface area contributed by atoms with Crippen molar-refractivity contribution >= 4 is 48.5 Å². The largest absolute Gasteiger partial charge is 0.492 e. The minimum absolute atomic E-state index is 0.0418. The number of amides is 1. The smallest absolute Gasteiger partial charge is 0.226 e. The highest BCUT2D eigenvalue weighted by atomic mass is 79.9. The summed E-state index contributed by atoms with van der Waals surface area (Å²) >= 11 is 5.06. The van der Waals surface area contributed by atoms with Gasteiger partial charge in [0.05, 0.1) is 21.3 Å². The average Bonchev–Trinajstić information content (AvgIpc) is 3.01. The Bertz CT molecular complexity index is 914. The molecular weight excluding hydrogens is 424 g/mol. The molecule has 0 aliphatic heterocycles. The van der Waals surface area contributed by atoms with Crippen LogP contribution in [-0.4, -0.2) is 17.5 Å². The summed E-state index contributed by atoms with van der Waals surface area (Å²) in [7, 11) is 0. The molecular formula is C21H23BrN2O2S. The van der Waals surface area contributed by atoms with Gasteiger partial charge < -0.3 is 10.1 Å². The molecule has 27 heavy (non-hydrogen) atoms. The molecule has 1 aromatic heterocycles. The summed E-state index contributed by atoms with van der Waals surface area (Å²) in [4.78, 5) is 16.5. The van der Waals surface area contributed by atoms with E-state index in [1.807, 2.05) is 30.3 Å². The van der Waals surface area contributed by atoms with Crippen molar-refractivity contribution in [3.8, 4) is 5.75 Å². The highest BCUT2D eigenvalue weighted by Gasteiger charge is 2.15. The van der Waals surface area contributed by atoms with E-state index in [4.69, 9.17) is 4.74 Å². The zero-order chi connectivity index (χ0) is 19.4. The van der Waals surface area contributed by atoms with E-state index in [2.05, 4.69) is 59.1 Å². The first-order valence-corrected chi connectivity index (χ1v) is 10.5. The van der Waals surface area contributed by atoms with Gasteiger partial charge in [0.25, 0.3) is 0 Å². The molecule has 3 rings (SSSR count). The Labute approximate surface area is 172 Å². The minimum Gasteiger partial charge on any atom is -0.492 e. The molecule has 1 amide bonds. The lowest BCUT2D eigenvalue weighted by Crippen LogP contribution is -2.13. The van der Waals surface area contributed by atoms with Gasteiger partial charge in [0.15, 0.2) is 5.13 Å². The summed E-state index contributed by atoms with van der Waals surface area (Å²) in [6.07, 6.45) is 1.04. The van der Waals surface area contributed by atoms with Crippen LogP contribution in [0.3, 0.4) is 0 Å². The molecule has 0 fully saturated rings. The molecule has 142 valence electrons. The van der Waals surface area contributed by atoms with Gasteiger partial charge in [0, 0.05) is 6.42 Å². The van der Waals surface area contributed by atoms with Crippen LogP contribution in [-0.2, 0) is 10.2 Å². The Balaban J connectivity index is 1.46. The number of carbonyl (C=O) groups is 1. The quantitative estimate of drug-likeness (QED) is 0.461. The van der Waals surface area contributed by atoms with E-state index >= 15 is 0 Å². The summed E-state index contributed by atoms with van der Waals surface area (Å²) in [5.74, 6) is 0.759. The monoisotopic (exact) mass is 446 g/mol. The summed E-state index contributed by atoms with van der Waals surface area (Å²) in [5.41, 5.74) is 2.25. The van der Waals surface area contributed by atoms with Crippen molar-refractivity contribution in [1.29, 1.82) is 0 Å². The van der Waals surface area contributed by atoms with Crippen molar-refractivity contribution in [2.24, 2.45) is 0 Å². The molecule has 2 aromatic carbocycles. The van der Waals surface area contributed by atoms with Crippen LogP contribution in [0.1, 0.15) is 39.2 Å². The topological polar surface area (TPSA) is 51.2 Å². The molecule has 0 aliphatic carbocycles. The van der Waals surface area contributed by atoms with E-state index in [0.717, 1.165) is 20.4 Å². The second-order valence-corrected chi connectivity index (χ2v) is 9.27. The second-order valence-electron chi connectivity index (χ2n) is 7.38. The number of nitrogens with zero attached hydrogens (tertiary/aromatic N) is 1. The summed E-state index contributed by atoms with van der Waals surface area (Å²) in [5, 5.41) is 3.51. The van der Waals surface area contributed by atoms with E-state index in [0.29, 0.717) is 24.6 Å². The molecule has 6 heteroatoms. The lowest BCUT2D eigenvalue weighted by molar-refractivity contribution is -0.116. The Morgan fingerprint density at radius 3 is 2.70 bits per heavy atom. The highest BCUT2D eigenvalue weighted by molar-refractivity contribution is 9.10. The minimum atomic E-state index is -0.0418. The summed E-state index contributed by atoms with van der Waals surface area (Å²) in [6, 6.07) is 14.0. The van der Waals surface area contributed by atoms with Crippen molar-refractivity contribution in [2.45, 2.75) is 39.0 Å². The fourth-order valence-corrected chi connectivity index (χ4v) is 3.98. The van der Waals surface area contributed by atoms with Gasteiger partial charge in [-0.15, -0.1) is 0 Å². The second kappa shape index (κ2) is 8.40. The third-order valence-electron chi connectivity index (χ3n) is 4.14. The van der Waals surface area contributed by atoms with Crippen molar-refractivity contribution in [3.05, 3.63) is 52.5 Å². The Kier molecular flexibility index (Phi) is 6.17. The van der Waals surface area contributed by atoms with Gasteiger partial charge in [-0.3, -0.25) is 4.79 Å². The number of hydrogen-bond donors (Lipinski definition) is 1. The molecule has 0 radical (unpaired) electrons. The molecule has 3 aromatic rings. The maximum absolute atomic E-state index is 12.1. The third kappa shape index (κ3) is 5.30. The van der Waals surface area contributed by atoms with Crippen LogP contribution in [0, 0.1) is 0 Å². The molecule has 0 saturated carbocycles. The van der Waals surface area contributed by atoms with E-state index in [9.17, 15) is 4.79 Å². The fourth-order valence-electron chi connectivity index (χ4n) is 2.61. The molecule has 0 spiro atoms. The number of halogens is 1. The first kappa shape index (κ1) is 19.8. The number of thiazole rings is 1. The molecule has 0 bridgehead atoms. The van der Waals surface area contributed by atoms with Crippen LogP contribution in [0.4, 0.5) is 5.13 Å². The van der Waals surface area contributed by atoms with E-state index in [-0.39, 0.29) is 11.3 Å². The summed E-state index contributed by atoms with van der Waals surface area (Å²) < 4.78 is 7.82. The van der Waals surface area contributed by atoms with Gasteiger partial charge in [-0.1, -0.05) is 50.3 Å². The Morgan fingerprint density at radius 2 is 2.00 bits per heavy atom. The number of ether oxygens (including phenoxy) is 1. The Hall–Kier alpha value is -1.92. The number of nitrogens with one attached hydrogen (secondary N) is 1. The third-order valence-corrected chi connectivity index (χ3v) is 5.72. The van der Waals surface area contributed by atoms with Gasteiger partial charge in [-0.05, 0) is 57.6 Å². The summed E-state index contributed by atoms with van der Waals surface area (Å²) in [6.45, 7) is 7.03. The van der Waals surface area contributed by atoms with E-state index in [1.165, 1.54) is 16.9 Å². The molecule has 1 heterocycles. The number of carbonyl (C=O) groups excluding carboxylic acids is 1. The molecule has 0 atom stereocenters. The van der Waals surface area contributed by atoms with Gasteiger partial charge in [0.1, 0.15) is 5.75 Å². The van der Waals surface area contributed by atoms with Gasteiger partial charge in [-0.2, -0.15) is 0 Å². The van der Waals surface area contributed by atoms with Crippen molar-refractivity contribution in [2.75, 3.05) is 11.9 Å². The fraction of sp³-hybridized carbons (Fsp3) is 0.333. The normalized spacial score (nSPS) is 11.6. The van der Waals surface area contributed by atoms with Crippen LogP contribution in [0.25, 0.3) is 10.2 Å². The number of rotatable bonds is 6. The van der Waals surface area contributed by atoms with Gasteiger partial charge >= 0.3 is 0 Å². The van der Waals surface area contributed by atoms with E-state index in [1.54, 1.807) is 0 Å². The predicted octanol–water partition coefficient (Wildman–Crippen LogP) is 6.15. The molecule has 0 aliphatic rings. The zero-order valence-electron chi connectivity index (χ0n) is 15.7. The maximum atomic E-state index is 12.1. The number of para-hydroxylation sites is 1. The van der Waals surface area contributed by atoms with Crippen molar-refractivity contribution in [3.63, 3.8) is 0 Å². The zero-order valence-corrected chi connectivity index (χ0v) is 18.1. The maximum Gasteiger partial charge on any atom is 0.226 e. The van der Waals surface area contributed by atoms with Crippen LogP contribution in [0.15, 0.2) is 46.9 Å². The van der Waals surface area contributed by atoms with Crippen LogP contribution in [0.5, 0.6) is 5.75 Å². The molecule has 0 unspecified atom stereocenters. The van der Waals surface area contributed by atoms with Gasteiger partial charge in [0.2, 0.25) is 5.91 Å². The standard InChI is InChI=1S/C21H23BrN2O2S/c1-21(2,3)14-10-11-17(15(22)13-14)26-12-6-9-19(25)24-20-23-16-7-4-5-8-18(16)27-20/h4-5,7-8,10-11,13H,6,9,12H2,1-3H3,(H,23,24,25). The van der Waals surface area contributed by atoms with Crippen LogP contribution in [0.2, 0.25) is 0 Å². The molecule has 1 N–H and O–H groups in total. The average molecular weight is 447 g/mol. The Morgan fingerprint density at radius 1 is 1.22 bits per heavy atom. The number of aromatic nitrogens is 1. The van der Waals surface area contributed by atoms with Gasteiger partial charge in [-0.25, -0.2) is 4.98 Å². The number of benzene rings is 2. The number of anilines is 1. The predicted molar refractivity (Wildman–Crippen MR) is 116 cm³/mol. The lowest BCUT2D eigenvalue weighted by atomic mass is 9.87.